The van der Waals surface area contributed by atoms with Gasteiger partial charge in [-0.2, -0.15) is 0 Å². The first kappa shape index (κ1) is 17.8. The lowest BCUT2D eigenvalue weighted by molar-refractivity contribution is -0.116. The molecule has 2 aromatic carbocycles. The van der Waals surface area contributed by atoms with Gasteiger partial charge in [-0.3, -0.25) is 14.2 Å². The number of amides is 1. The molecule has 2 N–H and O–H groups in total. The van der Waals surface area contributed by atoms with E-state index >= 15 is 0 Å². The molecule has 0 radical (unpaired) electrons. The molecule has 0 aliphatic heterocycles. The number of para-hydroxylation sites is 1. The number of aryl methyl sites for hydroxylation is 1. The molecule has 3 rings (SSSR count). The maximum Gasteiger partial charge on any atom is 0.262 e. The number of halogens is 1. The highest BCUT2D eigenvalue weighted by molar-refractivity contribution is 14.1. The smallest absolute Gasteiger partial charge is 0.262 e. The molecule has 0 spiro atoms. The number of nitrogens with zero attached hydrogens (tertiary/aromatic N) is 1. The Kier molecular flexibility index (Phi) is 5.33. The Balaban J connectivity index is 1.76. The summed E-state index contributed by atoms with van der Waals surface area (Å²) in [5, 5.41) is 3.41. The van der Waals surface area contributed by atoms with Gasteiger partial charge in [-0.25, -0.2) is 0 Å². The lowest BCUT2D eigenvalue weighted by Gasteiger charge is -2.09. The van der Waals surface area contributed by atoms with Crippen LogP contribution in [-0.2, 0) is 11.3 Å². The summed E-state index contributed by atoms with van der Waals surface area (Å²) in [6.45, 7) is 2.24. The van der Waals surface area contributed by atoms with E-state index in [1.54, 1.807) is 12.1 Å². The summed E-state index contributed by atoms with van der Waals surface area (Å²) < 4.78 is 2.83. The Bertz CT molecular complexity index is 1070. The molecule has 3 aromatic rings. The van der Waals surface area contributed by atoms with Crippen LogP contribution in [0.15, 0.2) is 47.3 Å². The monoisotopic (exact) mass is 465 g/mol. The summed E-state index contributed by atoms with van der Waals surface area (Å²) in [6, 6.07) is 12.9. The average Bonchev–Trinajstić information content (AvgIpc) is 2.58. The van der Waals surface area contributed by atoms with E-state index in [-0.39, 0.29) is 24.4 Å². The zero-order valence-corrected chi connectivity index (χ0v) is 16.5. The third kappa shape index (κ3) is 3.98. The summed E-state index contributed by atoms with van der Waals surface area (Å²) in [5.74, 6) is -0.158. The maximum absolute atomic E-state index is 12.5. The zero-order valence-electron chi connectivity index (χ0n) is 13.5. The summed E-state index contributed by atoms with van der Waals surface area (Å²) in [5.41, 5.74) is 2.42. The van der Waals surface area contributed by atoms with Crippen LogP contribution >= 0.6 is 34.8 Å². The lowest BCUT2D eigenvalue weighted by Crippen LogP contribution is -2.25. The van der Waals surface area contributed by atoms with Crippen molar-refractivity contribution in [1.29, 1.82) is 0 Å². The number of aromatic nitrogens is 2. The standard InChI is InChI=1S/C18H16IN3O2S/c1-11-6-7-12(10-14(11)19)20-16(23)8-9-22-17(24)13-4-2-3-5-15(13)21-18(22)25/h2-7,10H,8-9H2,1H3,(H,20,23)(H,21,25). The minimum atomic E-state index is -0.183. The van der Waals surface area contributed by atoms with Crippen molar-refractivity contribution in [3.8, 4) is 0 Å². The van der Waals surface area contributed by atoms with Gasteiger partial charge in [-0.05, 0) is 71.6 Å². The second kappa shape index (κ2) is 7.49. The number of fused-ring (bicyclic) bond motifs is 1. The quantitative estimate of drug-likeness (QED) is 0.452. The van der Waals surface area contributed by atoms with Crippen molar-refractivity contribution in [3.63, 3.8) is 0 Å². The van der Waals surface area contributed by atoms with Gasteiger partial charge in [0.15, 0.2) is 4.77 Å². The second-order valence-electron chi connectivity index (χ2n) is 5.69. The number of H-pyrrole nitrogens is 1. The Morgan fingerprint density at radius 1 is 1.28 bits per heavy atom. The average molecular weight is 465 g/mol. The van der Waals surface area contributed by atoms with Crippen molar-refractivity contribution in [2.45, 2.75) is 19.9 Å². The first-order valence-corrected chi connectivity index (χ1v) is 9.22. The molecule has 25 heavy (non-hydrogen) atoms. The van der Waals surface area contributed by atoms with E-state index < -0.39 is 0 Å². The van der Waals surface area contributed by atoms with Gasteiger partial charge in [0.1, 0.15) is 0 Å². The van der Waals surface area contributed by atoms with E-state index in [9.17, 15) is 9.59 Å². The number of hydrogen-bond acceptors (Lipinski definition) is 3. The second-order valence-corrected chi connectivity index (χ2v) is 7.24. The normalized spacial score (nSPS) is 10.8. The van der Waals surface area contributed by atoms with Crippen LogP contribution in [0.3, 0.4) is 0 Å². The van der Waals surface area contributed by atoms with Crippen LogP contribution in [0.25, 0.3) is 10.9 Å². The third-order valence-corrected chi connectivity index (χ3v) is 5.39. The number of nitrogens with one attached hydrogen (secondary N) is 2. The van der Waals surface area contributed by atoms with Crippen LogP contribution in [-0.4, -0.2) is 15.5 Å². The highest BCUT2D eigenvalue weighted by atomic mass is 127. The van der Waals surface area contributed by atoms with E-state index in [1.807, 2.05) is 37.3 Å². The van der Waals surface area contributed by atoms with E-state index in [2.05, 4.69) is 32.9 Å². The molecule has 5 nitrogen and oxygen atoms in total. The zero-order chi connectivity index (χ0) is 18.0. The Hall–Kier alpha value is -2.00. The van der Waals surface area contributed by atoms with Crippen LogP contribution in [0.2, 0.25) is 0 Å². The number of benzene rings is 2. The molecular weight excluding hydrogens is 449 g/mol. The number of aromatic amines is 1. The summed E-state index contributed by atoms with van der Waals surface area (Å²) in [6.07, 6.45) is 0.167. The predicted molar refractivity (Wildman–Crippen MR) is 111 cm³/mol. The number of carbonyl (C=O) groups excluding carboxylic acids is 1. The maximum atomic E-state index is 12.5. The molecule has 0 saturated carbocycles. The molecule has 128 valence electrons. The Morgan fingerprint density at radius 3 is 2.80 bits per heavy atom. The molecule has 0 saturated heterocycles. The van der Waals surface area contributed by atoms with Crippen molar-refractivity contribution >= 4 is 57.3 Å². The fourth-order valence-electron chi connectivity index (χ4n) is 2.51. The van der Waals surface area contributed by atoms with E-state index in [0.29, 0.717) is 15.7 Å². The van der Waals surface area contributed by atoms with Gasteiger partial charge in [0, 0.05) is 22.2 Å². The molecule has 1 amide bonds. The third-order valence-electron chi connectivity index (χ3n) is 3.91. The fraction of sp³-hybridized carbons (Fsp3) is 0.167. The first-order chi connectivity index (χ1) is 12.0. The number of rotatable bonds is 4. The minimum Gasteiger partial charge on any atom is -0.332 e. The van der Waals surface area contributed by atoms with Gasteiger partial charge >= 0.3 is 0 Å². The predicted octanol–water partition coefficient (Wildman–Crippen LogP) is 4.00. The van der Waals surface area contributed by atoms with Crippen molar-refractivity contribution in [2.75, 3.05) is 5.32 Å². The molecule has 0 bridgehead atoms. The largest absolute Gasteiger partial charge is 0.332 e. The highest BCUT2D eigenvalue weighted by Gasteiger charge is 2.08. The van der Waals surface area contributed by atoms with Crippen LogP contribution in [0, 0.1) is 15.3 Å². The van der Waals surface area contributed by atoms with Crippen molar-refractivity contribution in [2.24, 2.45) is 0 Å². The number of hydrogen-bond donors (Lipinski definition) is 2. The van der Waals surface area contributed by atoms with Crippen LogP contribution < -0.4 is 10.9 Å². The Morgan fingerprint density at radius 2 is 2.04 bits per heavy atom. The molecule has 0 atom stereocenters. The molecule has 0 fully saturated rings. The van der Waals surface area contributed by atoms with Gasteiger partial charge in [0.2, 0.25) is 5.91 Å². The highest BCUT2D eigenvalue weighted by Crippen LogP contribution is 2.17. The number of anilines is 1. The first-order valence-electron chi connectivity index (χ1n) is 7.73. The summed E-state index contributed by atoms with van der Waals surface area (Å²) in [4.78, 5) is 27.8. The van der Waals surface area contributed by atoms with Gasteiger partial charge < -0.3 is 10.3 Å². The Labute approximate surface area is 163 Å². The molecule has 0 aliphatic rings. The van der Waals surface area contributed by atoms with Crippen LogP contribution in [0.4, 0.5) is 5.69 Å². The van der Waals surface area contributed by atoms with Gasteiger partial charge in [0.25, 0.3) is 5.56 Å². The van der Waals surface area contributed by atoms with E-state index in [0.717, 1.165) is 14.8 Å². The van der Waals surface area contributed by atoms with Crippen molar-refractivity contribution < 1.29 is 4.79 Å². The van der Waals surface area contributed by atoms with Gasteiger partial charge in [0.05, 0.1) is 10.9 Å². The summed E-state index contributed by atoms with van der Waals surface area (Å²) >= 11 is 7.48. The molecule has 0 unspecified atom stereocenters. The lowest BCUT2D eigenvalue weighted by atomic mass is 10.2. The molecule has 0 aliphatic carbocycles. The number of carbonyl (C=O) groups is 1. The van der Waals surface area contributed by atoms with E-state index in [1.165, 1.54) is 4.57 Å². The van der Waals surface area contributed by atoms with Gasteiger partial charge in [-0.1, -0.05) is 18.2 Å². The van der Waals surface area contributed by atoms with E-state index in [4.69, 9.17) is 12.2 Å². The molecule has 1 aromatic heterocycles. The van der Waals surface area contributed by atoms with Crippen molar-refractivity contribution in [3.05, 3.63) is 66.7 Å². The topological polar surface area (TPSA) is 66.9 Å². The molecular formula is C18H16IN3O2S. The van der Waals surface area contributed by atoms with Gasteiger partial charge in [-0.15, -0.1) is 0 Å². The molecule has 1 heterocycles. The van der Waals surface area contributed by atoms with Crippen LogP contribution in [0.1, 0.15) is 12.0 Å². The SMILES string of the molecule is Cc1ccc(NC(=O)CCn2c(=S)[nH]c3ccccc3c2=O)cc1I. The van der Waals surface area contributed by atoms with Crippen LogP contribution in [0.5, 0.6) is 0 Å². The fourth-order valence-corrected chi connectivity index (χ4v) is 3.31. The molecule has 7 heteroatoms. The van der Waals surface area contributed by atoms with Crippen molar-refractivity contribution in [1.82, 2.24) is 9.55 Å². The summed E-state index contributed by atoms with van der Waals surface area (Å²) in [7, 11) is 0. The minimum absolute atomic E-state index is 0.158.